The normalized spacial score (nSPS) is 17.7. The van der Waals surface area contributed by atoms with E-state index < -0.39 is 11.4 Å². The first kappa shape index (κ1) is 20.7. The van der Waals surface area contributed by atoms with Gasteiger partial charge in [0.05, 0.1) is 4.47 Å². The Hall–Kier alpha value is -1.63. The Labute approximate surface area is 162 Å². The molecule has 1 unspecified atom stereocenters. The lowest BCUT2D eigenvalue weighted by Crippen LogP contribution is -2.43. The molecule has 1 saturated heterocycles. The second-order valence-corrected chi connectivity index (χ2v) is 8.46. The molecule has 1 aliphatic heterocycles. The van der Waals surface area contributed by atoms with E-state index in [0.29, 0.717) is 35.6 Å². The first-order chi connectivity index (χ1) is 12.2. The van der Waals surface area contributed by atoms with Crippen LogP contribution in [0.1, 0.15) is 50.4 Å². The molecule has 1 atom stereocenters. The second kappa shape index (κ2) is 8.84. The summed E-state index contributed by atoms with van der Waals surface area (Å²) in [7, 11) is 0. The topological polar surface area (TPSA) is 58.6 Å². The lowest BCUT2D eigenvalue weighted by Gasteiger charge is -2.34. The van der Waals surface area contributed by atoms with Crippen molar-refractivity contribution in [1.29, 1.82) is 0 Å². The van der Waals surface area contributed by atoms with E-state index in [-0.39, 0.29) is 12.0 Å². The SMILES string of the molecule is CC(C)(C)OC(=O)N1CCCC(CCNC(=O)c2ccc(Br)c(F)c2)C1. The number of nitrogens with zero attached hydrogens (tertiary/aromatic N) is 1. The molecule has 1 aromatic carbocycles. The second-order valence-electron chi connectivity index (χ2n) is 7.61. The number of carbonyl (C=O) groups is 2. The van der Waals surface area contributed by atoms with E-state index in [9.17, 15) is 14.0 Å². The molecule has 1 N–H and O–H groups in total. The summed E-state index contributed by atoms with van der Waals surface area (Å²) in [5.74, 6) is -0.438. The Bertz CT molecular complexity index is 661. The highest BCUT2D eigenvalue weighted by Crippen LogP contribution is 2.21. The van der Waals surface area contributed by atoms with E-state index >= 15 is 0 Å². The molecule has 26 heavy (non-hydrogen) atoms. The Morgan fingerprint density at radius 2 is 2.12 bits per heavy atom. The molecule has 7 heteroatoms. The van der Waals surface area contributed by atoms with Gasteiger partial charge < -0.3 is 15.0 Å². The fourth-order valence-corrected chi connectivity index (χ4v) is 3.17. The van der Waals surface area contributed by atoms with Gasteiger partial charge in [-0.1, -0.05) is 0 Å². The number of nitrogens with one attached hydrogen (secondary N) is 1. The Morgan fingerprint density at radius 3 is 2.77 bits per heavy atom. The largest absolute Gasteiger partial charge is 0.444 e. The van der Waals surface area contributed by atoms with Crippen molar-refractivity contribution in [2.75, 3.05) is 19.6 Å². The van der Waals surface area contributed by atoms with Gasteiger partial charge in [0.25, 0.3) is 5.91 Å². The third-order valence-corrected chi connectivity index (χ3v) is 4.83. The molecule has 0 spiro atoms. The van der Waals surface area contributed by atoms with Gasteiger partial charge >= 0.3 is 6.09 Å². The average molecular weight is 429 g/mol. The number of ether oxygens (including phenoxy) is 1. The third kappa shape index (κ3) is 6.27. The number of hydrogen-bond donors (Lipinski definition) is 1. The van der Waals surface area contributed by atoms with Crippen LogP contribution in [0.15, 0.2) is 22.7 Å². The molecule has 5 nitrogen and oxygen atoms in total. The highest BCUT2D eigenvalue weighted by molar-refractivity contribution is 9.10. The van der Waals surface area contributed by atoms with Crippen molar-refractivity contribution in [3.63, 3.8) is 0 Å². The molecule has 0 radical (unpaired) electrons. The summed E-state index contributed by atoms with van der Waals surface area (Å²) in [6.45, 7) is 7.39. The van der Waals surface area contributed by atoms with Crippen molar-refractivity contribution >= 4 is 27.9 Å². The summed E-state index contributed by atoms with van der Waals surface area (Å²) in [6, 6.07) is 4.31. The molecule has 2 amide bonds. The number of amides is 2. The van der Waals surface area contributed by atoms with Crippen molar-refractivity contribution in [3.05, 3.63) is 34.1 Å². The van der Waals surface area contributed by atoms with E-state index in [1.54, 1.807) is 11.0 Å². The number of piperidine rings is 1. The summed E-state index contributed by atoms with van der Waals surface area (Å²) in [5, 5.41) is 2.82. The summed E-state index contributed by atoms with van der Waals surface area (Å²) < 4.78 is 19.3. The quantitative estimate of drug-likeness (QED) is 0.774. The molecule has 1 fully saturated rings. The smallest absolute Gasteiger partial charge is 0.410 e. The van der Waals surface area contributed by atoms with Gasteiger partial charge in [0, 0.05) is 25.2 Å². The van der Waals surface area contributed by atoms with Crippen molar-refractivity contribution in [2.24, 2.45) is 5.92 Å². The maximum atomic E-state index is 13.5. The van der Waals surface area contributed by atoms with Gasteiger partial charge in [-0.05, 0) is 80.1 Å². The van der Waals surface area contributed by atoms with E-state index in [1.807, 2.05) is 20.8 Å². The number of carbonyl (C=O) groups excluding carboxylic acids is 2. The van der Waals surface area contributed by atoms with Crippen molar-refractivity contribution in [2.45, 2.75) is 45.6 Å². The predicted molar refractivity (Wildman–Crippen MR) is 102 cm³/mol. The van der Waals surface area contributed by atoms with Gasteiger partial charge in [-0.15, -0.1) is 0 Å². The Morgan fingerprint density at radius 1 is 1.38 bits per heavy atom. The first-order valence-corrected chi connectivity index (χ1v) is 9.66. The molecule has 0 saturated carbocycles. The zero-order chi connectivity index (χ0) is 19.3. The molecule has 1 aromatic rings. The van der Waals surface area contributed by atoms with Crippen LogP contribution in [0.25, 0.3) is 0 Å². The average Bonchev–Trinajstić information content (AvgIpc) is 2.56. The minimum absolute atomic E-state index is 0.281. The molecule has 0 bridgehead atoms. The Balaban J connectivity index is 1.79. The van der Waals surface area contributed by atoms with Gasteiger partial charge in [-0.25, -0.2) is 9.18 Å². The zero-order valence-electron chi connectivity index (χ0n) is 15.5. The highest BCUT2D eigenvalue weighted by atomic mass is 79.9. The lowest BCUT2D eigenvalue weighted by molar-refractivity contribution is 0.0161. The van der Waals surface area contributed by atoms with E-state index in [1.165, 1.54) is 12.1 Å². The molecular weight excluding hydrogens is 403 g/mol. The third-order valence-electron chi connectivity index (χ3n) is 4.19. The maximum Gasteiger partial charge on any atom is 0.410 e. The highest BCUT2D eigenvalue weighted by Gasteiger charge is 2.27. The van der Waals surface area contributed by atoms with Crippen molar-refractivity contribution < 1.29 is 18.7 Å². The van der Waals surface area contributed by atoms with Crippen LogP contribution in [0.3, 0.4) is 0 Å². The van der Waals surface area contributed by atoms with Crippen LogP contribution in [0.2, 0.25) is 0 Å². The van der Waals surface area contributed by atoms with Crippen LogP contribution in [-0.4, -0.2) is 42.1 Å². The molecule has 144 valence electrons. The summed E-state index contributed by atoms with van der Waals surface area (Å²) in [6.07, 6.45) is 2.43. The molecule has 0 aliphatic carbocycles. The monoisotopic (exact) mass is 428 g/mol. The predicted octanol–water partition coefficient (Wildman–Crippen LogP) is 4.36. The van der Waals surface area contributed by atoms with Gasteiger partial charge in [0.15, 0.2) is 0 Å². The number of halogens is 2. The standard InChI is InChI=1S/C19H26BrFN2O3/c1-19(2,3)26-18(25)23-10-4-5-13(12-23)8-9-22-17(24)14-6-7-15(20)16(21)11-14/h6-7,11,13H,4-5,8-10,12H2,1-3H3,(H,22,24). The van der Waals surface area contributed by atoms with Gasteiger partial charge in [0.1, 0.15) is 11.4 Å². The summed E-state index contributed by atoms with van der Waals surface area (Å²) in [4.78, 5) is 26.0. The van der Waals surface area contributed by atoms with Crippen LogP contribution >= 0.6 is 15.9 Å². The van der Waals surface area contributed by atoms with E-state index in [4.69, 9.17) is 4.74 Å². The number of likely N-dealkylation sites (tertiary alicyclic amines) is 1. The van der Waals surface area contributed by atoms with Crippen LogP contribution < -0.4 is 5.32 Å². The fraction of sp³-hybridized carbons (Fsp3) is 0.579. The number of benzene rings is 1. The molecule has 1 heterocycles. The van der Waals surface area contributed by atoms with Crippen LogP contribution in [0, 0.1) is 11.7 Å². The molecular formula is C19H26BrFN2O3. The van der Waals surface area contributed by atoms with Gasteiger partial charge in [-0.2, -0.15) is 0 Å². The summed E-state index contributed by atoms with van der Waals surface area (Å²) >= 11 is 3.07. The minimum Gasteiger partial charge on any atom is -0.444 e. The zero-order valence-corrected chi connectivity index (χ0v) is 17.1. The van der Waals surface area contributed by atoms with Crippen LogP contribution in [0.5, 0.6) is 0 Å². The molecule has 2 rings (SSSR count). The molecule has 1 aliphatic rings. The lowest BCUT2D eigenvalue weighted by atomic mass is 9.95. The molecule has 0 aromatic heterocycles. The van der Waals surface area contributed by atoms with Crippen LogP contribution in [0.4, 0.5) is 9.18 Å². The van der Waals surface area contributed by atoms with Crippen LogP contribution in [-0.2, 0) is 4.74 Å². The summed E-state index contributed by atoms with van der Waals surface area (Å²) in [5.41, 5.74) is -0.206. The van der Waals surface area contributed by atoms with Gasteiger partial charge in [0.2, 0.25) is 0 Å². The Kier molecular flexibility index (Phi) is 7.03. The minimum atomic E-state index is -0.502. The fourth-order valence-electron chi connectivity index (χ4n) is 2.92. The first-order valence-electron chi connectivity index (χ1n) is 8.87. The maximum absolute atomic E-state index is 13.5. The van der Waals surface area contributed by atoms with E-state index in [0.717, 1.165) is 19.3 Å². The van der Waals surface area contributed by atoms with Gasteiger partial charge in [-0.3, -0.25) is 4.79 Å². The number of rotatable bonds is 4. The van der Waals surface area contributed by atoms with Crippen molar-refractivity contribution in [1.82, 2.24) is 10.2 Å². The number of hydrogen-bond acceptors (Lipinski definition) is 3. The van der Waals surface area contributed by atoms with E-state index in [2.05, 4.69) is 21.2 Å². The van der Waals surface area contributed by atoms with Crippen molar-refractivity contribution in [3.8, 4) is 0 Å².